The number of ether oxygens (including phenoxy) is 2. The molecule has 0 saturated carbocycles. The average Bonchev–Trinajstić information content (AvgIpc) is 2.96. The number of hydrogen-bond acceptors (Lipinski definition) is 5. The van der Waals surface area contributed by atoms with E-state index in [-0.39, 0.29) is 17.8 Å². The number of fused-ring (bicyclic) bond motifs is 3. The Balaban J connectivity index is 1.73. The summed E-state index contributed by atoms with van der Waals surface area (Å²) in [7, 11) is 3.21. The zero-order valence-corrected chi connectivity index (χ0v) is 18.3. The molecule has 31 heavy (non-hydrogen) atoms. The van der Waals surface area contributed by atoms with E-state index in [1.54, 1.807) is 32.0 Å². The fraction of sp³-hybridized carbons (Fsp3) is 0.333. The normalized spacial score (nSPS) is 20.4. The highest BCUT2D eigenvalue weighted by molar-refractivity contribution is 8.14. The molecule has 1 fully saturated rings. The molecule has 160 valence electrons. The number of carbonyl (C=O) groups is 1. The van der Waals surface area contributed by atoms with Crippen molar-refractivity contribution in [2.45, 2.75) is 31.7 Å². The van der Waals surface area contributed by atoms with Gasteiger partial charge in [0, 0.05) is 17.7 Å². The Morgan fingerprint density at radius 3 is 2.71 bits per heavy atom. The largest absolute Gasteiger partial charge is 0.493 e. The van der Waals surface area contributed by atoms with E-state index < -0.39 is 0 Å². The minimum atomic E-state index is -0.295. The summed E-state index contributed by atoms with van der Waals surface area (Å²) < 4.78 is 25.2. The van der Waals surface area contributed by atoms with Crippen molar-refractivity contribution >= 4 is 28.5 Å². The lowest BCUT2D eigenvalue weighted by Gasteiger charge is -2.40. The molecule has 0 spiro atoms. The number of aryl methyl sites for hydroxylation is 1. The van der Waals surface area contributed by atoms with Crippen molar-refractivity contribution in [3.8, 4) is 11.5 Å². The maximum Gasteiger partial charge on any atom is 0.230 e. The van der Waals surface area contributed by atoms with Crippen LogP contribution in [0.4, 0.5) is 4.39 Å². The molecule has 0 bridgehead atoms. The molecular weight excluding hydrogens is 415 g/mol. The topological polar surface area (TPSA) is 51.1 Å². The number of carbonyl (C=O) groups excluding carboxylic acids is 1. The third kappa shape index (κ3) is 3.41. The molecule has 0 N–H and O–H groups in total. The molecule has 5 nitrogen and oxygen atoms in total. The van der Waals surface area contributed by atoms with Gasteiger partial charge in [-0.05, 0) is 60.2 Å². The first-order valence-corrected chi connectivity index (χ1v) is 11.4. The minimum Gasteiger partial charge on any atom is -0.493 e. The molecule has 0 aromatic heterocycles. The molecule has 2 aromatic rings. The number of amides is 1. The molecular formula is C24H23FN2O3S. The fourth-order valence-corrected chi connectivity index (χ4v) is 5.60. The van der Waals surface area contributed by atoms with Gasteiger partial charge in [0.05, 0.1) is 26.0 Å². The van der Waals surface area contributed by atoms with Crippen LogP contribution in [-0.2, 0) is 11.2 Å². The standard InChI is InChI=1S/C24H23FN2O3S/c1-29-19-9-7-15(12-20(19)30-2)23-17-5-3-4-14-6-8-16(25)13-18(14)22(17)26-24-27(23)21(28)10-11-31-24/h6-9,12-13,23H,3-5,10-11H2,1-2H3. The molecule has 1 amide bonds. The van der Waals surface area contributed by atoms with Crippen LogP contribution in [0.3, 0.4) is 0 Å². The van der Waals surface area contributed by atoms with Crippen molar-refractivity contribution in [2.75, 3.05) is 20.0 Å². The highest BCUT2D eigenvalue weighted by atomic mass is 32.2. The average molecular weight is 439 g/mol. The van der Waals surface area contributed by atoms with Crippen molar-refractivity contribution < 1.29 is 18.7 Å². The van der Waals surface area contributed by atoms with Crippen LogP contribution in [0.2, 0.25) is 0 Å². The van der Waals surface area contributed by atoms with Gasteiger partial charge in [-0.3, -0.25) is 9.69 Å². The van der Waals surface area contributed by atoms with Crippen LogP contribution in [0.15, 0.2) is 47.0 Å². The van der Waals surface area contributed by atoms with Crippen LogP contribution in [0.25, 0.3) is 5.70 Å². The van der Waals surface area contributed by atoms with Gasteiger partial charge >= 0.3 is 0 Å². The highest BCUT2D eigenvalue weighted by Gasteiger charge is 2.40. The lowest BCUT2D eigenvalue weighted by Crippen LogP contribution is -2.44. The van der Waals surface area contributed by atoms with Crippen LogP contribution in [0.5, 0.6) is 11.5 Å². The Labute approximate surface area is 184 Å². The van der Waals surface area contributed by atoms with Crippen LogP contribution >= 0.6 is 11.8 Å². The van der Waals surface area contributed by atoms with E-state index in [9.17, 15) is 9.18 Å². The number of methoxy groups -OCH3 is 2. The summed E-state index contributed by atoms with van der Waals surface area (Å²) in [5.41, 5.74) is 4.73. The monoisotopic (exact) mass is 438 g/mol. The molecule has 2 heterocycles. The molecule has 0 radical (unpaired) electrons. The molecule has 2 aromatic carbocycles. The van der Waals surface area contributed by atoms with Crippen LogP contribution in [0.1, 0.15) is 42.0 Å². The van der Waals surface area contributed by atoms with E-state index >= 15 is 0 Å². The van der Waals surface area contributed by atoms with Gasteiger partial charge < -0.3 is 9.47 Å². The second-order valence-corrected chi connectivity index (χ2v) is 8.86. The summed E-state index contributed by atoms with van der Waals surface area (Å²) in [5.74, 6) is 1.74. The Morgan fingerprint density at radius 1 is 1.06 bits per heavy atom. The second kappa shape index (κ2) is 8.04. The molecule has 1 aliphatic carbocycles. The van der Waals surface area contributed by atoms with Gasteiger partial charge in [0.1, 0.15) is 5.82 Å². The first-order chi connectivity index (χ1) is 15.1. The van der Waals surface area contributed by atoms with Crippen molar-refractivity contribution in [1.29, 1.82) is 0 Å². The van der Waals surface area contributed by atoms with Crippen LogP contribution in [0, 0.1) is 5.82 Å². The minimum absolute atomic E-state index is 0.0625. The number of nitrogens with zero attached hydrogens (tertiary/aromatic N) is 2. The second-order valence-electron chi connectivity index (χ2n) is 7.80. The molecule has 7 heteroatoms. The van der Waals surface area contributed by atoms with E-state index in [0.717, 1.165) is 47.2 Å². The fourth-order valence-electron chi connectivity index (χ4n) is 4.64. The maximum absolute atomic E-state index is 14.2. The Morgan fingerprint density at radius 2 is 1.90 bits per heavy atom. The van der Waals surface area contributed by atoms with Crippen molar-refractivity contribution in [2.24, 2.45) is 4.99 Å². The number of amidine groups is 1. The molecule has 1 atom stereocenters. The number of benzene rings is 2. The highest BCUT2D eigenvalue weighted by Crippen LogP contribution is 2.47. The predicted molar refractivity (Wildman–Crippen MR) is 120 cm³/mol. The van der Waals surface area contributed by atoms with E-state index in [4.69, 9.17) is 14.5 Å². The summed E-state index contributed by atoms with van der Waals surface area (Å²) in [6, 6.07) is 10.4. The Hall–Kier alpha value is -2.80. The summed E-state index contributed by atoms with van der Waals surface area (Å²) in [6.45, 7) is 0. The third-order valence-corrected chi connectivity index (χ3v) is 7.02. The Kier molecular flexibility index (Phi) is 5.22. The van der Waals surface area contributed by atoms with Gasteiger partial charge in [0.25, 0.3) is 0 Å². The molecule has 3 aliphatic rings. The van der Waals surface area contributed by atoms with E-state index in [1.807, 2.05) is 29.2 Å². The molecule has 2 aliphatic heterocycles. The quantitative estimate of drug-likeness (QED) is 0.679. The number of aliphatic imine (C=N–C) groups is 1. The number of thioether (sulfide) groups is 1. The van der Waals surface area contributed by atoms with E-state index in [1.165, 1.54) is 6.07 Å². The van der Waals surface area contributed by atoms with Crippen molar-refractivity contribution in [3.63, 3.8) is 0 Å². The van der Waals surface area contributed by atoms with Gasteiger partial charge in [-0.1, -0.05) is 23.9 Å². The number of halogens is 1. The first-order valence-electron chi connectivity index (χ1n) is 10.4. The summed E-state index contributed by atoms with van der Waals surface area (Å²) in [5, 5.41) is 0.687. The van der Waals surface area contributed by atoms with Gasteiger partial charge in [0.2, 0.25) is 5.91 Å². The summed E-state index contributed by atoms with van der Waals surface area (Å²) in [4.78, 5) is 19.8. The summed E-state index contributed by atoms with van der Waals surface area (Å²) >= 11 is 1.58. The van der Waals surface area contributed by atoms with Gasteiger partial charge in [-0.15, -0.1) is 0 Å². The predicted octanol–water partition coefficient (Wildman–Crippen LogP) is 4.97. The SMILES string of the molecule is COc1ccc(C2C3=C(N=C4SCCC(=O)N42)c2cc(F)ccc2CCC3)cc1OC. The Bertz CT molecular complexity index is 1130. The zero-order chi connectivity index (χ0) is 21.5. The molecule has 5 rings (SSSR count). The van der Waals surface area contributed by atoms with Gasteiger partial charge in [-0.25, -0.2) is 9.38 Å². The number of rotatable bonds is 3. The van der Waals surface area contributed by atoms with Crippen molar-refractivity contribution in [1.82, 2.24) is 4.90 Å². The number of hydrogen-bond donors (Lipinski definition) is 0. The molecule has 1 saturated heterocycles. The van der Waals surface area contributed by atoms with Crippen molar-refractivity contribution in [3.05, 3.63) is 64.5 Å². The molecule has 1 unspecified atom stereocenters. The van der Waals surface area contributed by atoms with Crippen LogP contribution < -0.4 is 9.47 Å². The maximum atomic E-state index is 14.2. The lowest BCUT2D eigenvalue weighted by molar-refractivity contribution is -0.128. The van der Waals surface area contributed by atoms with E-state index in [2.05, 4.69) is 0 Å². The smallest absolute Gasteiger partial charge is 0.230 e. The van der Waals surface area contributed by atoms with Crippen LogP contribution in [-0.4, -0.2) is 35.9 Å². The zero-order valence-electron chi connectivity index (χ0n) is 17.5. The van der Waals surface area contributed by atoms with E-state index in [0.29, 0.717) is 28.8 Å². The first kappa shape index (κ1) is 20.1. The van der Waals surface area contributed by atoms with Gasteiger partial charge in [-0.2, -0.15) is 0 Å². The third-order valence-electron chi connectivity index (χ3n) is 6.06. The lowest BCUT2D eigenvalue weighted by atomic mass is 9.90. The van der Waals surface area contributed by atoms with Gasteiger partial charge in [0.15, 0.2) is 16.7 Å². The summed E-state index contributed by atoms with van der Waals surface area (Å²) in [6.07, 6.45) is 3.03.